The molecule has 46 heavy (non-hydrogen) atoms. The molecule has 4 N–H and O–H groups in total. The van der Waals surface area contributed by atoms with Crippen molar-refractivity contribution < 1.29 is 28.3 Å². The number of hydrogen-bond acceptors (Lipinski definition) is 6. The van der Waals surface area contributed by atoms with Gasteiger partial charge in [-0.15, -0.1) is 0 Å². The van der Waals surface area contributed by atoms with Crippen LogP contribution in [0.3, 0.4) is 0 Å². The summed E-state index contributed by atoms with van der Waals surface area (Å²) in [7, 11) is 5.00. The Labute approximate surface area is 269 Å². The fraction of sp³-hybridized carbons (Fsp3) is 0.290. The summed E-state index contributed by atoms with van der Waals surface area (Å²) in [6.45, 7) is 4.27. The van der Waals surface area contributed by atoms with Gasteiger partial charge >= 0.3 is 0 Å². The Hall–Kier alpha value is -4.92. The molecule has 1 fully saturated rings. The minimum Gasteiger partial charge on any atom is -0.379 e. The normalized spacial score (nSPS) is 13.3. The van der Waals surface area contributed by atoms with Gasteiger partial charge < -0.3 is 39.7 Å². The van der Waals surface area contributed by atoms with Crippen molar-refractivity contribution in [3.63, 3.8) is 0 Å². The van der Waals surface area contributed by atoms with Gasteiger partial charge in [0.25, 0.3) is 23.6 Å². The fourth-order valence-electron chi connectivity index (χ4n) is 5.08. The van der Waals surface area contributed by atoms with E-state index in [1.54, 1.807) is 48.7 Å². The van der Waals surface area contributed by atoms with Gasteiger partial charge in [0.15, 0.2) is 0 Å². The SMILES string of the molecule is Cn1cc(NC(=O)c2cc(NC(=O)c3cc(NC(=O)c4ccc(Cl)cc4F)cn3C)cn2C)cc1C(=O)NCCN1CCOCC1. The topological polar surface area (TPSA) is 144 Å². The lowest BCUT2D eigenvalue weighted by Crippen LogP contribution is -2.41. The number of benzene rings is 1. The zero-order chi connectivity index (χ0) is 33.0. The number of carbonyl (C=O) groups is 4. The molecule has 0 aliphatic carbocycles. The molecule has 242 valence electrons. The van der Waals surface area contributed by atoms with Crippen molar-refractivity contribution >= 4 is 52.3 Å². The van der Waals surface area contributed by atoms with Crippen LogP contribution in [-0.2, 0) is 25.9 Å². The molecule has 0 unspecified atom stereocenters. The zero-order valence-corrected chi connectivity index (χ0v) is 26.3. The summed E-state index contributed by atoms with van der Waals surface area (Å²) in [6.07, 6.45) is 4.75. The predicted octanol–water partition coefficient (Wildman–Crippen LogP) is 3.31. The summed E-state index contributed by atoms with van der Waals surface area (Å²) < 4.78 is 24.2. The second-order valence-electron chi connectivity index (χ2n) is 10.9. The Morgan fingerprint density at radius 1 is 0.739 bits per heavy atom. The number of nitrogens with one attached hydrogen (secondary N) is 4. The average Bonchev–Trinajstić information content (AvgIpc) is 3.68. The maximum Gasteiger partial charge on any atom is 0.272 e. The van der Waals surface area contributed by atoms with E-state index in [1.807, 2.05) is 0 Å². The first kappa shape index (κ1) is 32.5. The molecular formula is C31H34ClFN8O5. The molecule has 15 heteroatoms. The Bertz CT molecular complexity index is 1790. The van der Waals surface area contributed by atoms with Crippen LogP contribution in [0.1, 0.15) is 41.8 Å². The Kier molecular flexibility index (Phi) is 9.90. The lowest BCUT2D eigenvalue weighted by Gasteiger charge is -2.26. The van der Waals surface area contributed by atoms with E-state index in [0.717, 1.165) is 25.7 Å². The van der Waals surface area contributed by atoms with Crippen LogP contribution in [0.25, 0.3) is 0 Å². The van der Waals surface area contributed by atoms with E-state index in [0.29, 0.717) is 36.8 Å². The van der Waals surface area contributed by atoms with Crippen LogP contribution in [0.5, 0.6) is 0 Å². The number of hydrogen-bond donors (Lipinski definition) is 4. The largest absolute Gasteiger partial charge is 0.379 e. The molecule has 1 saturated heterocycles. The summed E-state index contributed by atoms with van der Waals surface area (Å²) in [5.41, 5.74) is 1.77. The molecule has 0 atom stereocenters. The Morgan fingerprint density at radius 2 is 1.22 bits per heavy atom. The molecule has 4 amide bonds. The molecular weight excluding hydrogens is 619 g/mol. The van der Waals surface area contributed by atoms with Gasteiger partial charge in [0.2, 0.25) is 0 Å². The summed E-state index contributed by atoms with van der Waals surface area (Å²) in [6, 6.07) is 8.28. The third-order valence-corrected chi connectivity index (χ3v) is 7.71. The van der Waals surface area contributed by atoms with Crippen LogP contribution in [0.4, 0.5) is 21.5 Å². The van der Waals surface area contributed by atoms with Gasteiger partial charge in [-0.3, -0.25) is 24.1 Å². The number of amides is 4. The molecule has 0 radical (unpaired) electrons. The van der Waals surface area contributed by atoms with E-state index in [-0.39, 0.29) is 33.6 Å². The van der Waals surface area contributed by atoms with E-state index in [2.05, 4.69) is 26.2 Å². The van der Waals surface area contributed by atoms with Crippen LogP contribution >= 0.6 is 11.6 Å². The van der Waals surface area contributed by atoms with Crippen LogP contribution in [0.15, 0.2) is 55.0 Å². The summed E-state index contributed by atoms with van der Waals surface area (Å²) in [4.78, 5) is 53.7. The van der Waals surface area contributed by atoms with E-state index >= 15 is 0 Å². The standard InChI is InChI=1S/C31H34ClFN8O5/c1-38-17-21(13-25(38)29(43)34-6-7-41-8-10-46-11-9-41)36-31(45)27-15-22(18-40(27)3)37-30(44)26-14-20(16-39(26)2)35-28(42)23-5-4-19(32)12-24(23)33/h4-5,12-18H,6-11H2,1-3H3,(H,34,43)(H,35,42)(H,36,45)(H,37,44). The van der Waals surface area contributed by atoms with Crippen LogP contribution < -0.4 is 21.3 Å². The lowest BCUT2D eigenvalue weighted by atomic mass is 10.2. The quantitative estimate of drug-likeness (QED) is 0.207. The first-order chi connectivity index (χ1) is 22.0. The highest BCUT2D eigenvalue weighted by atomic mass is 35.5. The van der Waals surface area contributed by atoms with Crippen molar-refractivity contribution in [1.82, 2.24) is 23.9 Å². The fourth-order valence-corrected chi connectivity index (χ4v) is 5.24. The average molecular weight is 653 g/mol. The number of anilines is 3. The third-order valence-electron chi connectivity index (χ3n) is 7.48. The Balaban J connectivity index is 1.17. The van der Waals surface area contributed by atoms with Crippen molar-refractivity contribution in [2.75, 3.05) is 55.3 Å². The highest BCUT2D eigenvalue weighted by molar-refractivity contribution is 6.30. The molecule has 0 spiro atoms. The number of aryl methyl sites for hydroxylation is 3. The zero-order valence-electron chi connectivity index (χ0n) is 25.5. The van der Waals surface area contributed by atoms with Crippen molar-refractivity contribution in [1.29, 1.82) is 0 Å². The van der Waals surface area contributed by atoms with E-state index in [4.69, 9.17) is 16.3 Å². The number of halogens is 2. The van der Waals surface area contributed by atoms with Gasteiger partial charge in [-0.25, -0.2) is 4.39 Å². The minimum atomic E-state index is -0.767. The van der Waals surface area contributed by atoms with Gasteiger partial charge in [-0.2, -0.15) is 0 Å². The number of ether oxygens (including phenoxy) is 1. The van der Waals surface area contributed by atoms with Gasteiger partial charge in [-0.1, -0.05) is 11.6 Å². The second kappa shape index (κ2) is 14.0. The maximum absolute atomic E-state index is 14.2. The van der Waals surface area contributed by atoms with Gasteiger partial charge in [-0.05, 0) is 36.4 Å². The lowest BCUT2D eigenvalue weighted by molar-refractivity contribution is 0.0383. The monoisotopic (exact) mass is 652 g/mol. The van der Waals surface area contributed by atoms with Gasteiger partial charge in [0.05, 0.1) is 35.8 Å². The molecule has 4 heterocycles. The molecule has 1 aliphatic rings. The number of carbonyl (C=O) groups excluding carboxylic acids is 4. The predicted molar refractivity (Wildman–Crippen MR) is 171 cm³/mol. The number of morpholine rings is 1. The number of aromatic nitrogens is 3. The molecule has 1 aromatic carbocycles. The van der Waals surface area contributed by atoms with Crippen molar-refractivity contribution in [2.24, 2.45) is 21.1 Å². The molecule has 1 aliphatic heterocycles. The second-order valence-corrected chi connectivity index (χ2v) is 11.3. The molecule has 3 aromatic heterocycles. The summed E-state index contributed by atoms with van der Waals surface area (Å²) >= 11 is 5.76. The minimum absolute atomic E-state index is 0.165. The van der Waals surface area contributed by atoms with Gasteiger partial charge in [0.1, 0.15) is 22.9 Å². The van der Waals surface area contributed by atoms with E-state index < -0.39 is 23.5 Å². The molecule has 0 bridgehead atoms. The van der Waals surface area contributed by atoms with Crippen molar-refractivity contribution in [3.8, 4) is 0 Å². The van der Waals surface area contributed by atoms with Crippen LogP contribution in [0.2, 0.25) is 5.02 Å². The smallest absolute Gasteiger partial charge is 0.272 e. The summed E-state index contributed by atoms with van der Waals surface area (Å²) in [5, 5.41) is 11.2. The van der Waals surface area contributed by atoms with E-state index in [9.17, 15) is 23.6 Å². The Morgan fingerprint density at radius 3 is 1.72 bits per heavy atom. The van der Waals surface area contributed by atoms with Crippen molar-refractivity contribution in [3.05, 3.63) is 88.5 Å². The molecule has 4 aromatic rings. The highest BCUT2D eigenvalue weighted by Crippen LogP contribution is 2.21. The summed E-state index contributed by atoms with van der Waals surface area (Å²) in [5.74, 6) is -2.64. The molecule has 0 saturated carbocycles. The highest BCUT2D eigenvalue weighted by Gasteiger charge is 2.20. The van der Waals surface area contributed by atoms with Crippen molar-refractivity contribution in [2.45, 2.75) is 0 Å². The number of nitrogens with zero attached hydrogens (tertiary/aromatic N) is 4. The van der Waals surface area contributed by atoms with Crippen LogP contribution in [-0.4, -0.2) is 81.6 Å². The molecule has 5 rings (SSSR count). The first-order valence-electron chi connectivity index (χ1n) is 14.4. The van der Waals surface area contributed by atoms with Crippen LogP contribution in [0, 0.1) is 5.82 Å². The maximum atomic E-state index is 14.2. The van der Waals surface area contributed by atoms with E-state index in [1.165, 1.54) is 35.0 Å². The third kappa shape index (κ3) is 7.65. The van der Waals surface area contributed by atoms with Gasteiger partial charge in [0, 0.05) is 70.9 Å². The number of rotatable bonds is 10. The first-order valence-corrected chi connectivity index (χ1v) is 14.8. The molecule has 13 nitrogen and oxygen atoms in total.